The number of hydrogen-bond acceptors (Lipinski definition) is 9. The monoisotopic (exact) mass is 545 g/mol. The average Bonchev–Trinajstić information content (AvgIpc) is 3.32. The zero-order valence-electron chi connectivity index (χ0n) is 22.2. The van der Waals surface area contributed by atoms with Crippen LogP contribution >= 0.6 is 0 Å². The lowest BCUT2D eigenvalue weighted by atomic mass is 9.61. The SMILES string of the molecule is CC12C=CC(C)(c3ccnc(N)n3)C3=C1C(OCC3)n1nc(-c3ccc(N4CC5(C4)CC(F)(F)C5)nc3)nc1N2. The van der Waals surface area contributed by atoms with E-state index in [0.29, 0.717) is 31.5 Å². The standard InChI is InChI=1S/C28H29F2N9O/c1-25(18-5-9-32-23(31)34-18)7-8-26(2)20-17(25)6-10-40-22(20)39-24(36-26)35-21(37-39)16-3-4-19(33-11-16)38-14-27(15-38)12-28(29,30)13-27/h3-5,7-9,11,22H,6,10,12-15H2,1-2H3,(H2,31,32,34)(H,35,36,37). The second-order valence-corrected chi connectivity index (χ2v) is 12.2. The molecule has 0 radical (unpaired) electrons. The van der Waals surface area contributed by atoms with Crippen LogP contribution in [-0.2, 0) is 10.2 Å². The number of halogens is 2. The first kappa shape index (κ1) is 23.9. The summed E-state index contributed by atoms with van der Waals surface area (Å²) in [4.78, 5) is 20.1. The predicted molar refractivity (Wildman–Crippen MR) is 144 cm³/mol. The summed E-state index contributed by atoms with van der Waals surface area (Å²) >= 11 is 0. The van der Waals surface area contributed by atoms with Crippen LogP contribution < -0.4 is 16.0 Å². The van der Waals surface area contributed by atoms with E-state index in [-0.39, 0.29) is 24.2 Å². The van der Waals surface area contributed by atoms with Crippen molar-refractivity contribution in [3.05, 3.63) is 59.6 Å². The molecule has 2 aliphatic carbocycles. The third kappa shape index (κ3) is 3.31. The fourth-order valence-corrected chi connectivity index (χ4v) is 7.30. The minimum Gasteiger partial charge on any atom is -0.368 e. The van der Waals surface area contributed by atoms with Crippen molar-refractivity contribution in [3.63, 3.8) is 0 Å². The lowest BCUT2D eigenvalue weighted by molar-refractivity contribution is -0.170. The van der Waals surface area contributed by atoms with Gasteiger partial charge in [0.1, 0.15) is 5.82 Å². The van der Waals surface area contributed by atoms with E-state index in [0.717, 1.165) is 29.1 Å². The Kier molecular flexibility index (Phi) is 4.56. The molecule has 5 aliphatic rings. The van der Waals surface area contributed by atoms with Crippen LogP contribution in [0.5, 0.6) is 0 Å². The Hall–Kier alpha value is -3.93. The number of aromatic nitrogens is 6. The van der Waals surface area contributed by atoms with Crippen molar-refractivity contribution in [2.45, 2.75) is 56.2 Å². The summed E-state index contributed by atoms with van der Waals surface area (Å²) in [5.41, 5.74) is 8.68. The normalized spacial score (nSPS) is 30.7. The van der Waals surface area contributed by atoms with Gasteiger partial charge in [0.05, 0.1) is 17.8 Å². The van der Waals surface area contributed by atoms with Gasteiger partial charge in [0.2, 0.25) is 17.8 Å². The number of hydrogen-bond donors (Lipinski definition) is 2. The number of ether oxygens (including phenoxy) is 1. The smallest absolute Gasteiger partial charge is 0.249 e. The van der Waals surface area contributed by atoms with E-state index in [9.17, 15) is 8.78 Å². The second-order valence-electron chi connectivity index (χ2n) is 12.2. The first-order valence-corrected chi connectivity index (χ1v) is 13.6. The Labute approximate surface area is 229 Å². The van der Waals surface area contributed by atoms with Crippen LogP contribution in [0.1, 0.15) is 45.0 Å². The number of nitrogens with zero attached hydrogens (tertiary/aromatic N) is 7. The summed E-state index contributed by atoms with van der Waals surface area (Å²) in [5, 5.41) is 8.43. The molecule has 3 aliphatic heterocycles. The first-order chi connectivity index (χ1) is 19.1. The fourth-order valence-electron chi connectivity index (χ4n) is 7.30. The van der Waals surface area contributed by atoms with Crippen LogP contribution in [0.2, 0.25) is 0 Å². The molecule has 12 heteroatoms. The summed E-state index contributed by atoms with van der Waals surface area (Å²) in [6.07, 6.45) is 8.07. The summed E-state index contributed by atoms with van der Waals surface area (Å²) in [6, 6.07) is 5.75. The Balaban J connectivity index is 1.10. The van der Waals surface area contributed by atoms with Crippen molar-refractivity contribution in [2.24, 2.45) is 5.41 Å². The molecular weight excluding hydrogens is 516 g/mol. The van der Waals surface area contributed by atoms with Crippen LogP contribution in [-0.4, -0.2) is 60.9 Å². The van der Waals surface area contributed by atoms with E-state index in [1.807, 2.05) is 22.9 Å². The Morgan fingerprint density at radius 3 is 2.62 bits per heavy atom. The summed E-state index contributed by atoms with van der Waals surface area (Å²) in [6.45, 7) is 6.07. The molecule has 3 N–H and O–H groups in total. The van der Waals surface area contributed by atoms with Crippen molar-refractivity contribution in [2.75, 3.05) is 35.6 Å². The van der Waals surface area contributed by atoms with Crippen LogP contribution in [0.3, 0.4) is 0 Å². The number of nitrogens with one attached hydrogen (secondary N) is 1. The predicted octanol–water partition coefficient (Wildman–Crippen LogP) is 3.88. The van der Waals surface area contributed by atoms with Crippen molar-refractivity contribution >= 4 is 17.7 Å². The van der Waals surface area contributed by atoms with E-state index in [1.54, 1.807) is 12.4 Å². The quantitative estimate of drug-likeness (QED) is 0.473. The maximum absolute atomic E-state index is 13.4. The van der Waals surface area contributed by atoms with Gasteiger partial charge >= 0.3 is 0 Å². The molecule has 0 bridgehead atoms. The number of nitrogens with two attached hydrogens (primary N) is 1. The largest absolute Gasteiger partial charge is 0.368 e. The average molecular weight is 546 g/mol. The zero-order valence-corrected chi connectivity index (χ0v) is 22.2. The number of fused-ring (bicyclic) bond motifs is 2. The van der Waals surface area contributed by atoms with Gasteiger partial charge in [-0.3, -0.25) is 0 Å². The van der Waals surface area contributed by atoms with Gasteiger partial charge in [-0.05, 0) is 44.0 Å². The van der Waals surface area contributed by atoms with Gasteiger partial charge in [-0.1, -0.05) is 12.2 Å². The van der Waals surface area contributed by atoms with Gasteiger partial charge in [0.25, 0.3) is 0 Å². The molecule has 3 aromatic heterocycles. The molecule has 2 fully saturated rings. The summed E-state index contributed by atoms with van der Waals surface area (Å²) < 4.78 is 34.9. The number of anilines is 3. The third-order valence-corrected chi connectivity index (χ3v) is 9.22. The molecule has 8 rings (SSSR count). The van der Waals surface area contributed by atoms with E-state index >= 15 is 0 Å². The second kappa shape index (κ2) is 7.62. The number of rotatable bonds is 3. The van der Waals surface area contributed by atoms with Crippen molar-refractivity contribution in [1.82, 2.24) is 29.7 Å². The molecule has 6 heterocycles. The fraction of sp³-hybridized carbons (Fsp3) is 0.464. The highest BCUT2D eigenvalue weighted by molar-refractivity contribution is 5.62. The van der Waals surface area contributed by atoms with E-state index in [1.165, 1.54) is 5.57 Å². The van der Waals surface area contributed by atoms with E-state index in [4.69, 9.17) is 20.6 Å². The molecule has 3 aromatic rings. The lowest BCUT2D eigenvalue weighted by Gasteiger charge is -2.59. The van der Waals surface area contributed by atoms with E-state index in [2.05, 4.69) is 51.2 Å². The number of pyridine rings is 1. The highest BCUT2D eigenvalue weighted by Crippen LogP contribution is 2.57. The molecule has 40 heavy (non-hydrogen) atoms. The first-order valence-electron chi connectivity index (χ1n) is 13.6. The Morgan fingerprint density at radius 2 is 1.90 bits per heavy atom. The number of alkyl halides is 2. The van der Waals surface area contributed by atoms with Crippen LogP contribution in [0.25, 0.3) is 11.4 Å². The van der Waals surface area contributed by atoms with Crippen molar-refractivity contribution in [3.8, 4) is 11.4 Å². The molecule has 0 aromatic carbocycles. The topological polar surface area (TPSA) is 120 Å². The molecule has 3 unspecified atom stereocenters. The zero-order chi connectivity index (χ0) is 27.5. The Bertz CT molecular complexity index is 1600. The third-order valence-electron chi connectivity index (χ3n) is 9.22. The van der Waals surface area contributed by atoms with Crippen molar-refractivity contribution < 1.29 is 13.5 Å². The highest BCUT2D eigenvalue weighted by Gasteiger charge is 2.62. The van der Waals surface area contributed by atoms with Crippen molar-refractivity contribution in [1.29, 1.82) is 0 Å². The molecular formula is C28H29F2N9O. The molecule has 10 nitrogen and oxygen atoms in total. The number of nitrogen functional groups attached to an aromatic ring is 1. The van der Waals surface area contributed by atoms with Crippen LogP contribution in [0.4, 0.5) is 26.5 Å². The van der Waals surface area contributed by atoms with E-state index < -0.39 is 23.1 Å². The maximum atomic E-state index is 13.4. The maximum Gasteiger partial charge on any atom is 0.249 e. The van der Waals surface area contributed by atoms with Gasteiger partial charge in [-0.15, -0.1) is 5.10 Å². The molecule has 206 valence electrons. The Morgan fingerprint density at radius 1 is 1.07 bits per heavy atom. The number of allylic oxidation sites excluding steroid dienone is 1. The van der Waals surface area contributed by atoms with Crippen LogP contribution in [0, 0.1) is 5.41 Å². The molecule has 1 saturated heterocycles. The highest BCUT2D eigenvalue weighted by atomic mass is 19.3. The van der Waals surface area contributed by atoms with Gasteiger partial charge in [-0.2, -0.15) is 9.67 Å². The molecule has 1 spiro atoms. The van der Waals surface area contributed by atoms with Gasteiger partial charge < -0.3 is 20.7 Å². The summed E-state index contributed by atoms with van der Waals surface area (Å²) in [5.74, 6) is -0.321. The van der Waals surface area contributed by atoms with Crippen LogP contribution in [0.15, 0.2) is 53.9 Å². The minimum absolute atomic E-state index is 0.0204. The molecule has 3 atom stereocenters. The van der Waals surface area contributed by atoms with Gasteiger partial charge in [0, 0.05) is 60.3 Å². The molecule has 0 amide bonds. The molecule has 1 saturated carbocycles. The van der Waals surface area contributed by atoms with Gasteiger partial charge in [0.15, 0.2) is 12.1 Å². The lowest BCUT2D eigenvalue weighted by Crippen LogP contribution is -2.66. The minimum atomic E-state index is -2.50. The van der Waals surface area contributed by atoms with Gasteiger partial charge in [-0.25, -0.2) is 23.7 Å². The summed E-state index contributed by atoms with van der Waals surface area (Å²) in [7, 11) is 0.